The Morgan fingerprint density at radius 3 is 2.67 bits per heavy atom. The van der Waals surface area contributed by atoms with Crippen LogP contribution in [0.1, 0.15) is 5.76 Å². The molecule has 96 valence electrons. The van der Waals surface area contributed by atoms with Crippen molar-refractivity contribution in [1.82, 2.24) is 5.16 Å². The minimum atomic E-state index is -3.85. The molecule has 1 aromatic heterocycles. The van der Waals surface area contributed by atoms with Crippen molar-refractivity contribution < 1.29 is 17.1 Å². The van der Waals surface area contributed by atoms with E-state index in [2.05, 4.69) is 21.1 Å². The fourth-order valence-corrected chi connectivity index (χ4v) is 2.57. The number of nitrogens with zero attached hydrogens (tertiary/aromatic N) is 1. The van der Waals surface area contributed by atoms with E-state index in [4.69, 9.17) is 8.71 Å². The van der Waals surface area contributed by atoms with Gasteiger partial charge in [0.2, 0.25) is 0 Å². The lowest BCUT2D eigenvalue weighted by atomic mass is 10.4. The van der Waals surface area contributed by atoms with Gasteiger partial charge in [-0.05, 0) is 17.3 Å². The van der Waals surface area contributed by atoms with Crippen LogP contribution in [-0.2, 0) is 16.5 Å². The van der Waals surface area contributed by atoms with Crippen molar-refractivity contribution in [3.63, 3.8) is 0 Å². The number of aryl methyl sites for hydroxylation is 1. The summed E-state index contributed by atoms with van der Waals surface area (Å²) in [6.07, 6.45) is 0.613. The van der Waals surface area contributed by atoms with E-state index in [9.17, 15) is 8.42 Å². The zero-order valence-electron chi connectivity index (χ0n) is 9.24. The first-order chi connectivity index (χ1) is 8.62. The van der Waals surface area contributed by atoms with Crippen LogP contribution in [0, 0.1) is 0 Å². The number of benzene rings is 1. The molecule has 0 saturated carbocycles. The largest absolute Gasteiger partial charge is 0.358 e. The quantitative estimate of drug-likeness (QED) is 0.621. The van der Waals surface area contributed by atoms with Gasteiger partial charge in [-0.15, -0.1) is 0 Å². The minimum absolute atomic E-state index is 0.0604. The SMILES string of the molecule is O=S(=O)(Oc1cc(CCBr)on1)c1ccccc1. The molecule has 1 aromatic carbocycles. The average molecular weight is 332 g/mol. The Morgan fingerprint density at radius 1 is 1.28 bits per heavy atom. The predicted octanol–water partition coefficient (Wildman–Crippen LogP) is 2.38. The number of alkyl halides is 1. The van der Waals surface area contributed by atoms with E-state index in [1.165, 1.54) is 18.2 Å². The molecule has 7 heteroatoms. The number of halogens is 1. The number of hydrogen-bond donors (Lipinski definition) is 0. The third kappa shape index (κ3) is 3.11. The summed E-state index contributed by atoms with van der Waals surface area (Å²) >= 11 is 3.25. The molecule has 0 saturated heterocycles. The molecule has 0 radical (unpaired) electrons. The van der Waals surface area contributed by atoms with Crippen LogP contribution in [0.25, 0.3) is 0 Å². The second-order valence-electron chi connectivity index (χ2n) is 3.42. The van der Waals surface area contributed by atoms with Gasteiger partial charge in [0.1, 0.15) is 10.7 Å². The molecule has 0 N–H and O–H groups in total. The van der Waals surface area contributed by atoms with Crippen LogP contribution >= 0.6 is 15.9 Å². The highest BCUT2D eigenvalue weighted by atomic mass is 79.9. The monoisotopic (exact) mass is 331 g/mol. The Balaban J connectivity index is 2.17. The molecule has 0 amide bonds. The Kier molecular flexibility index (Phi) is 4.03. The number of rotatable bonds is 5. The third-order valence-corrected chi connectivity index (χ3v) is 3.74. The first kappa shape index (κ1) is 13.1. The van der Waals surface area contributed by atoms with E-state index < -0.39 is 10.1 Å². The van der Waals surface area contributed by atoms with Gasteiger partial charge in [-0.2, -0.15) is 8.42 Å². The van der Waals surface area contributed by atoms with Crippen molar-refractivity contribution in [3.8, 4) is 5.88 Å². The van der Waals surface area contributed by atoms with E-state index in [0.717, 1.165) is 0 Å². The molecule has 0 aliphatic carbocycles. The van der Waals surface area contributed by atoms with E-state index in [-0.39, 0.29) is 10.8 Å². The highest BCUT2D eigenvalue weighted by molar-refractivity contribution is 9.09. The molecule has 1 heterocycles. The van der Waals surface area contributed by atoms with E-state index in [1.807, 2.05) is 0 Å². The highest BCUT2D eigenvalue weighted by Gasteiger charge is 2.18. The van der Waals surface area contributed by atoms with Crippen molar-refractivity contribution >= 4 is 26.0 Å². The first-order valence-corrected chi connectivity index (χ1v) is 7.66. The van der Waals surface area contributed by atoms with Crippen molar-refractivity contribution in [3.05, 3.63) is 42.2 Å². The smallest absolute Gasteiger partial charge is 0.340 e. The summed E-state index contributed by atoms with van der Waals surface area (Å²) in [5, 5.41) is 4.25. The summed E-state index contributed by atoms with van der Waals surface area (Å²) in [6.45, 7) is 0. The number of hydrogen-bond acceptors (Lipinski definition) is 5. The van der Waals surface area contributed by atoms with Gasteiger partial charge in [0, 0.05) is 17.8 Å². The topological polar surface area (TPSA) is 69.4 Å². The molecule has 0 bridgehead atoms. The van der Waals surface area contributed by atoms with Crippen LogP contribution in [-0.4, -0.2) is 18.9 Å². The maximum Gasteiger partial charge on any atom is 0.340 e. The van der Waals surface area contributed by atoms with Crippen LogP contribution in [0.2, 0.25) is 0 Å². The summed E-state index contributed by atoms with van der Waals surface area (Å²) in [5.41, 5.74) is 0. The molecular formula is C11H10BrNO4S. The molecule has 0 aliphatic rings. The summed E-state index contributed by atoms with van der Waals surface area (Å²) in [7, 11) is -3.85. The van der Waals surface area contributed by atoms with E-state index in [0.29, 0.717) is 17.5 Å². The van der Waals surface area contributed by atoms with Gasteiger partial charge in [-0.3, -0.25) is 0 Å². The molecule has 0 spiro atoms. The van der Waals surface area contributed by atoms with Crippen LogP contribution in [0.5, 0.6) is 5.88 Å². The predicted molar refractivity (Wildman–Crippen MR) is 68.3 cm³/mol. The summed E-state index contributed by atoms with van der Waals surface area (Å²) in [6, 6.07) is 9.33. The minimum Gasteiger partial charge on any atom is -0.358 e. The zero-order chi connectivity index (χ0) is 13.0. The van der Waals surface area contributed by atoms with E-state index >= 15 is 0 Å². The van der Waals surface area contributed by atoms with Crippen LogP contribution in [0.3, 0.4) is 0 Å². The molecule has 0 atom stereocenters. The van der Waals surface area contributed by atoms with Crippen LogP contribution < -0.4 is 4.18 Å². The Bertz CT molecular complexity index is 609. The second-order valence-corrected chi connectivity index (χ2v) is 5.76. The molecule has 0 unspecified atom stereocenters. The van der Waals surface area contributed by atoms with E-state index in [1.54, 1.807) is 18.2 Å². The fraction of sp³-hybridized carbons (Fsp3) is 0.182. The van der Waals surface area contributed by atoms with Crippen LogP contribution in [0.15, 0.2) is 45.8 Å². The van der Waals surface area contributed by atoms with Crippen molar-refractivity contribution in [1.29, 1.82) is 0 Å². The molecule has 2 aromatic rings. The molecule has 2 rings (SSSR count). The van der Waals surface area contributed by atoms with Crippen molar-refractivity contribution in [2.45, 2.75) is 11.3 Å². The Hall–Kier alpha value is -1.34. The van der Waals surface area contributed by atoms with Gasteiger partial charge in [0.05, 0.1) is 0 Å². The van der Waals surface area contributed by atoms with Crippen molar-refractivity contribution in [2.75, 3.05) is 5.33 Å². The van der Waals surface area contributed by atoms with Gasteiger partial charge in [0.25, 0.3) is 5.88 Å². The maximum absolute atomic E-state index is 11.9. The Labute approximate surface area is 113 Å². The zero-order valence-corrected chi connectivity index (χ0v) is 11.6. The Morgan fingerprint density at radius 2 is 2.00 bits per heavy atom. The second kappa shape index (κ2) is 5.53. The summed E-state index contributed by atoms with van der Waals surface area (Å²) in [5.74, 6) is 0.500. The lowest BCUT2D eigenvalue weighted by Gasteiger charge is -2.02. The fourth-order valence-electron chi connectivity index (χ4n) is 1.29. The van der Waals surface area contributed by atoms with Gasteiger partial charge in [0.15, 0.2) is 0 Å². The molecule has 5 nitrogen and oxygen atoms in total. The molecule has 0 fully saturated rings. The lowest BCUT2D eigenvalue weighted by Crippen LogP contribution is -2.09. The molecule has 18 heavy (non-hydrogen) atoms. The first-order valence-electron chi connectivity index (χ1n) is 5.13. The third-order valence-electron chi connectivity index (χ3n) is 2.11. The maximum atomic E-state index is 11.9. The summed E-state index contributed by atoms with van der Waals surface area (Å²) < 4.78 is 33.5. The normalized spacial score (nSPS) is 11.4. The summed E-state index contributed by atoms with van der Waals surface area (Å²) in [4.78, 5) is 0.0787. The van der Waals surface area contributed by atoms with Gasteiger partial charge < -0.3 is 8.71 Å². The highest BCUT2D eigenvalue weighted by Crippen LogP contribution is 2.18. The van der Waals surface area contributed by atoms with Gasteiger partial charge >= 0.3 is 10.1 Å². The molecular weight excluding hydrogens is 322 g/mol. The standard InChI is InChI=1S/C11H10BrNO4S/c12-7-6-9-8-11(13-16-9)17-18(14,15)10-4-2-1-3-5-10/h1-5,8H,6-7H2. The van der Waals surface area contributed by atoms with Gasteiger partial charge in [-0.25, -0.2) is 0 Å². The average Bonchev–Trinajstić information content (AvgIpc) is 2.77. The number of aromatic nitrogens is 1. The van der Waals surface area contributed by atoms with Crippen molar-refractivity contribution in [2.24, 2.45) is 0 Å². The lowest BCUT2D eigenvalue weighted by molar-refractivity contribution is 0.362. The molecule has 0 aliphatic heterocycles. The van der Waals surface area contributed by atoms with Gasteiger partial charge in [-0.1, -0.05) is 34.1 Å². The van der Waals surface area contributed by atoms with Crippen LogP contribution in [0.4, 0.5) is 0 Å².